The molecule has 1 unspecified atom stereocenters. The Morgan fingerprint density at radius 3 is 2.88 bits per heavy atom. The highest BCUT2D eigenvalue weighted by molar-refractivity contribution is 7.96. The Morgan fingerprint density at radius 2 is 2.35 bits per heavy atom. The Kier molecular flexibility index (Phi) is 5.19. The molecule has 0 aromatic heterocycles. The Hall–Kier alpha value is -0.830. The number of carbonyl (C=O) groups excluding carboxylic acids is 2. The maximum Gasteiger partial charge on any atom is 0.324 e. The molecule has 1 rings (SSSR count). The first-order chi connectivity index (χ1) is 7.97. The maximum absolute atomic E-state index is 11.6. The standard InChI is InChI=1S/C9H14O7S/c1-9(2,17-16-15-12)8(11)14-5-6-3-4-13-7(6)10/h6,12H,3-5H2,1-2H3/p-1. The fourth-order valence-electron chi connectivity index (χ4n) is 1.17. The van der Waals surface area contributed by atoms with E-state index in [1.54, 1.807) is 0 Å². The Labute approximate surface area is 102 Å². The van der Waals surface area contributed by atoms with Crippen molar-refractivity contribution in [3.63, 3.8) is 0 Å². The zero-order valence-corrected chi connectivity index (χ0v) is 10.3. The van der Waals surface area contributed by atoms with Crippen LogP contribution in [0.25, 0.3) is 0 Å². The van der Waals surface area contributed by atoms with E-state index in [1.807, 2.05) is 0 Å². The SMILES string of the molecule is CC(C)(SOO[O-])C(=O)OCC1CCOC1=O. The zero-order valence-electron chi connectivity index (χ0n) is 9.46. The van der Waals surface area contributed by atoms with Gasteiger partial charge in [0.05, 0.1) is 12.5 Å². The fourth-order valence-corrected chi connectivity index (χ4v) is 1.50. The van der Waals surface area contributed by atoms with Gasteiger partial charge >= 0.3 is 11.9 Å². The summed E-state index contributed by atoms with van der Waals surface area (Å²) in [6, 6.07) is 0. The summed E-state index contributed by atoms with van der Waals surface area (Å²) in [5.74, 6) is -1.36. The quantitative estimate of drug-likeness (QED) is 0.281. The molecule has 1 fully saturated rings. The third-order valence-electron chi connectivity index (χ3n) is 2.22. The van der Waals surface area contributed by atoms with E-state index in [-0.39, 0.29) is 12.6 Å². The summed E-state index contributed by atoms with van der Waals surface area (Å²) in [4.78, 5) is 22.7. The Bertz CT molecular complexity index is 291. The summed E-state index contributed by atoms with van der Waals surface area (Å²) in [6.07, 6.45) is 0.542. The van der Waals surface area contributed by atoms with Gasteiger partial charge in [0.2, 0.25) is 0 Å². The first-order valence-electron chi connectivity index (χ1n) is 4.95. The molecule has 0 aromatic carbocycles. The predicted molar refractivity (Wildman–Crippen MR) is 53.9 cm³/mol. The van der Waals surface area contributed by atoms with Crippen LogP contribution in [0.4, 0.5) is 0 Å². The van der Waals surface area contributed by atoms with Crippen LogP contribution in [0.15, 0.2) is 0 Å². The molecule has 0 radical (unpaired) electrons. The van der Waals surface area contributed by atoms with E-state index in [9.17, 15) is 14.8 Å². The number of hydrogen-bond donors (Lipinski definition) is 0. The van der Waals surface area contributed by atoms with Gasteiger partial charge in [-0.1, -0.05) is 0 Å². The summed E-state index contributed by atoms with van der Waals surface area (Å²) < 4.78 is 12.7. The molecule has 0 amide bonds. The van der Waals surface area contributed by atoms with Gasteiger partial charge in [-0.25, -0.2) is 0 Å². The van der Waals surface area contributed by atoms with Crippen molar-refractivity contribution >= 4 is 24.0 Å². The molecule has 8 heteroatoms. The lowest BCUT2D eigenvalue weighted by atomic mass is 10.1. The number of cyclic esters (lactones) is 1. The molecule has 7 nitrogen and oxygen atoms in total. The van der Waals surface area contributed by atoms with Gasteiger partial charge in [-0.3, -0.25) is 14.6 Å². The minimum atomic E-state index is -1.09. The predicted octanol–water partition coefficient (Wildman–Crippen LogP) is -0.257. The van der Waals surface area contributed by atoms with E-state index in [2.05, 4.69) is 9.37 Å². The topological polar surface area (TPSA) is 94.1 Å². The van der Waals surface area contributed by atoms with Gasteiger partial charge in [-0.15, -0.1) is 0 Å². The average Bonchev–Trinajstić information content (AvgIpc) is 2.69. The van der Waals surface area contributed by atoms with Crippen molar-refractivity contribution in [3.05, 3.63) is 0 Å². The van der Waals surface area contributed by atoms with Crippen molar-refractivity contribution in [2.45, 2.75) is 25.0 Å². The normalized spacial score (nSPS) is 20.2. The number of ether oxygens (including phenoxy) is 2. The molecule has 1 aliphatic heterocycles. The lowest BCUT2D eigenvalue weighted by Gasteiger charge is -2.21. The van der Waals surface area contributed by atoms with Gasteiger partial charge in [0.25, 0.3) is 0 Å². The van der Waals surface area contributed by atoms with E-state index in [0.717, 1.165) is 0 Å². The molecule has 1 atom stereocenters. The van der Waals surface area contributed by atoms with Crippen molar-refractivity contribution < 1.29 is 33.7 Å². The summed E-state index contributed by atoms with van der Waals surface area (Å²) >= 11 is 0.545. The minimum Gasteiger partial charge on any atom is -0.691 e. The molecule has 1 aliphatic rings. The summed E-state index contributed by atoms with van der Waals surface area (Å²) in [5, 5.41) is 12.8. The van der Waals surface area contributed by atoms with Crippen LogP contribution in [0, 0.1) is 5.92 Å². The van der Waals surface area contributed by atoms with E-state index >= 15 is 0 Å². The molecule has 0 spiro atoms. The van der Waals surface area contributed by atoms with E-state index in [1.165, 1.54) is 13.8 Å². The van der Waals surface area contributed by atoms with Crippen LogP contribution in [0.5, 0.6) is 0 Å². The van der Waals surface area contributed by atoms with Crippen LogP contribution < -0.4 is 5.26 Å². The van der Waals surface area contributed by atoms with Gasteiger partial charge in [-0.05, 0) is 20.3 Å². The van der Waals surface area contributed by atoms with Crippen LogP contribution in [-0.2, 0) is 28.4 Å². The molecule has 98 valence electrons. The third kappa shape index (κ3) is 4.15. The smallest absolute Gasteiger partial charge is 0.324 e. The summed E-state index contributed by atoms with van der Waals surface area (Å²) in [7, 11) is 0. The Balaban J connectivity index is 2.35. The maximum atomic E-state index is 11.6. The minimum absolute atomic E-state index is 0.0279. The highest BCUT2D eigenvalue weighted by Crippen LogP contribution is 2.27. The van der Waals surface area contributed by atoms with Crippen molar-refractivity contribution in [2.75, 3.05) is 13.2 Å². The van der Waals surface area contributed by atoms with Crippen LogP contribution in [0.1, 0.15) is 20.3 Å². The summed E-state index contributed by atoms with van der Waals surface area (Å²) in [5.41, 5.74) is 0. The van der Waals surface area contributed by atoms with Crippen molar-refractivity contribution in [1.82, 2.24) is 0 Å². The molecular weight excluding hydrogens is 252 g/mol. The zero-order chi connectivity index (χ0) is 12.9. The first-order valence-corrected chi connectivity index (χ1v) is 5.69. The second-order valence-corrected chi connectivity index (χ2v) is 5.30. The van der Waals surface area contributed by atoms with E-state index < -0.39 is 16.6 Å². The number of rotatable bonds is 6. The molecule has 0 N–H and O–H groups in total. The van der Waals surface area contributed by atoms with Gasteiger partial charge in [0, 0.05) is 12.0 Å². The lowest BCUT2D eigenvalue weighted by Crippen LogP contribution is -2.32. The van der Waals surface area contributed by atoms with Gasteiger partial charge in [-0.2, -0.15) is 4.33 Å². The number of carbonyl (C=O) groups is 2. The molecule has 0 aliphatic carbocycles. The second kappa shape index (κ2) is 6.20. The van der Waals surface area contributed by atoms with Gasteiger partial charge in [0.1, 0.15) is 11.4 Å². The average molecular weight is 265 g/mol. The number of hydrogen-bond acceptors (Lipinski definition) is 8. The van der Waals surface area contributed by atoms with Gasteiger partial charge in [0.15, 0.2) is 0 Å². The monoisotopic (exact) mass is 265 g/mol. The van der Waals surface area contributed by atoms with E-state index in [4.69, 9.17) is 9.47 Å². The molecule has 0 aromatic rings. The largest absolute Gasteiger partial charge is 0.691 e. The number of esters is 2. The third-order valence-corrected chi connectivity index (χ3v) is 2.93. The highest BCUT2D eigenvalue weighted by Gasteiger charge is 2.34. The molecule has 0 bridgehead atoms. The van der Waals surface area contributed by atoms with Crippen molar-refractivity contribution in [1.29, 1.82) is 0 Å². The Morgan fingerprint density at radius 1 is 1.65 bits per heavy atom. The van der Waals surface area contributed by atoms with Crippen LogP contribution in [0.3, 0.4) is 0 Å². The molecule has 17 heavy (non-hydrogen) atoms. The second-order valence-electron chi connectivity index (χ2n) is 3.98. The highest BCUT2D eigenvalue weighted by atomic mass is 32.2. The summed E-state index contributed by atoms with van der Waals surface area (Å²) in [6.45, 7) is 3.34. The van der Waals surface area contributed by atoms with Crippen LogP contribution >= 0.6 is 12.0 Å². The molecule has 1 heterocycles. The van der Waals surface area contributed by atoms with Crippen LogP contribution in [-0.4, -0.2) is 29.9 Å². The van der Waals surface area contributed by atoms with Crippen LogP contribution in [0.2, 0.25) is 0 Å². The van der Waals surface area contributed by atoms with Crippen molar-refractivity contribution in [2.24, 2.45) is 5.92 Å². The fraction of sp³-hybridized carbons (Fsp3) is 0.778. The first kappa shape index (κ1) is 14.2. The van der Waals surface area contributed by atoms with E-state index in [0.29, 0.717) is 25.1 Å². The van der Waals surface area contributed by atoms with Gasteiger partial charge < -0.3 is 14.7 Å². The molecule has 1 saturated heterocycles. The van der Waals surface area contributed by atoms with Crippen molar-refractivity contribution in [3.8, 4) is 0 Å². The molecular formula is C9H13O7S-. The lowest BCUT2D eigenvalue weighted by molar-refractivity contribution is -0.777. The molecule has 0 saturated carbocycles.